The highest BCUT2D eigenvalue weighted by molar-refractivity contribution is 7.99. The van der Waals surface area contributed by atoms with Crippen LogP contribution in [0.4, 0.5) is 0 Å². The summed E-state index contributed by atoms with van der Waals surface area (Å²) in [4.78, 5) is 11.2. The molecule has 0 fully saturated rings. The van der Waals surface area contributed by atoms with Crippen LogP contribution in [0.25, 0.3) is 11.6 Å². The number of furan rings is 1. The molecule has 2 N–H and O–H groups in total. The molecule has 1 unspecified atom stereocenters. The van der Waals surface area contributed by atoms with Crippen LogP contribution < -0.4 is 5.73 Å². The minimum Gasteiger partial charge on any atom is -0.461 e. The molecule has 1 amide bonds. The molecule has 3 aromatic rings. The van der Waals surface area contributed by atoms with E-state index in [9.17, 15) is 4.79 Å². The van der Waals surface area contributed by atoms with Crippen molar-refractivity contribution in [2.24, 2.45) is 5.73 Å². The van der Waals surface area contributed by atoms with E-state index in [0.717, 1.165) is 11.6 Å². The Hall–Kier alpha value is -2.54. The van der Waals surface area contributed by atoms with Crippen molar-refractivity contribution in [1.29, 1.82) is 0 Å². The molecule has 0 saturated heterocycles. The molecule has 0 aliphatic heterocycles. The topological polar surface area (TPSA) is 86.9 Å². The number of hydrogen-bond acceptors (Lipinski definition) is 5. The monoisotopic (exact) mass is 356 g/mol. The van der Waals surface area contributed by atoms with Crippen LogP contribution in [-0.2, 0) is 11.3 Å². The summed E-state index contributed by atoms with van der Waals surface area (Å²) >= 11 is 1.63. The van der Waals surface area contributed by atoms with E-state index in [1.54, 1.807) is 24.1 Å². The molecule has 0 spiro atoms. The van der Waals surface area contributed by atoms with E-state index in [-0.39, 0.29) is 17.6 Å². The standard InChI is InChI=1S/C18H20N4O2S/c1-2-15(13-7-4-3-5-8-13)25-18-21-20-17(14-9-6-12-24-14)22(18)11-10-16(19)23/h3-9,12,15H,2,10-11H2,1H3,(H2,19,23). The van der Waals surface area contributed by atoms with Crippen LogP contribution in [0.1, 0.15) is 30.6 Å². The van der Waals surface area contributed by atoms with Crippen LogP contribution in [-0.4, -0.2) is 20.7 Å². The Kier molecular flexibility index (Phi) is 5.55. The van der Waals surface area contributed by atoms with Gasteiger partial charge in [-0.2, -0.15) is 0 Å². The molecule has 0 saturated carbocycles. The average molecular weight is 356 g/mol. The van der Waals surface area contributed by atoms with E-state index in [2.05, 4.69) is 29.3 Å². The molecule has 0 radical (unpaired) electrons. The van der Waals surface area contributed by atoms with Gasteiger partial charge in [0.2, 0.25) is 5.91 Å². The fraction of sp³-hybridized carbons (Fsp3) is 0.278. The van der Waals surface area contributed by atoms with Gasteiger partial charge in [0.1, 0.15) is 0 Å². The predicted octanol–water partition coefficient (Wildman–Crippen LogP) is 3.66. The number of hydrogen-bond donors (Lipinski definition) is 1. The Balaban J connectivity index is 1.90. The lowest BCUT2D eigenvalue weighted by atomic mass is 10.1. The maximum absolute atomic E-state index is 11.2. The first-order valence-electron chi connectivity index (χ1n) is 8.16. The molecule has 2 aromatic heterocycles. The molecule has 0 aliphatic rings. The van der Waals surface area contributed by atoms with Gasteiger partial charge in [0, 0.05) is 18.2 Å². The third-order valence-corrected chi connectivity index (χ3v) is 5.23. The highest BCUT2D eigenvalue weighted by Crippen LogP contribution is 2.38. The first kappa shape index (κ1) is 17.3. The van der Waals surface area contributed by atoms with E-state index in [4.69, 9.17) is 10.2 Å². The second-order valence-electron chi connectivity index (χ2n) is 5.58. The summed E-state index contributed by atoms with van der Waals surface area (Å²) in [6.45, 7) is 2.56. The van der Waals surface area contributed by atoms with Crippen molar-refractivity contribution in [3.63, 3.8) is 0 Å². The van der Waals surface area contributed by atoms with Crippen molar-refractivity contribution in [2.75, 3.05) is 0 Å². The molecule has 1 atom stereocenters. The van der Waals surface area contributed by atoms with E-state index < -0.39 is 0 Å². The minimum atomic E-state index is -0.356. The number of nitrogens with zero attached hydrogens (tertiary/aromatic N) is 3. The first-order chi connectivity index (χ1) is 12.2. The average Bonchev–Trinajstić information content (AvgIpc) is 3.28. The molecule has 2 heterocycles. The summed E-state index contributed by atoms with van der Waals surface area (Å²) in [6, 6.07) is 13.9. The molecule has 0 bridgehead atoms. The lowest BCUT2D eigenvalue weighted by molar-refractivity contribution is -0.118. The van der Waals surface area contributed by atoms with Crippen molar-refractivity contribution in [2.45, 2.75) is 36.7 Å². The molecule has 6 nitrogen and oxygen atoms in total. The Labute approximate surface area is 150 Å². The molecular weight excluding hydrogens is 336 g/mol. The zero-order chi connectivity index (χ0) is 17.6. The summed E-state index contributed by atoms with van der Waals surface area (Å²) < 4.78 is 7.35. The maximum atomic E-state index is 11.2. The Morgan fingerprint density at radius 3 is 2.68 bits per heavy atom. The first-order valence-corrected chi connectivity index (χ1v) is 9.04. The van der Waals surface area contributed by atoms with E-state index in [0.29, 0.717) is 18.1 Å². The van der Waals surface area contributed by atoms with Gasteiger partial charge in [-0.15, -0.1) is 10.2 Å². The molecule has 1 aromatic carbocycles. The molecule has 25 heavy (non-hydrogen) atoms. The van der Waals surface area contributed by atoms with Gasteiger partial charge < -0.3 is 10.2 Å². The number of carbonyl (C=O) groups excluding carboxylic acids is 1. The van der Waals surface area contributed by atoms with E-state index in [1.807, 2.05) is 28.8 Å². The Morgan fingerprint density at radius 2 is 2.04 bits per heavy atom. The minimum absolute atomic E-state index is 0.224. The summed E-state index contributed by atoms with van der Waals surface area (Å²) in [5, 5.41) is 9.60. The van der Waals surface area contributed by atoms with Gasteiger partial charge in [-0.25, -0.2) is 0 Å². The van der Waals surface area contributed by atoms with Gasteiger partial charge in [-0.05, 0) is 24.1 Å². The number of rotatable bonds is 8. The lowest BCUT2D eigenvalue weighted by Gasteiger charge is -2.15. The SMILES string of the molecule is CCC(Sc1nnc(-c2ccco2)n1CCC(N)=O)c1ccccc1. The second kappa shape index (κ2) is 8.02. The quantitative estimate of drug-likeness (QED) is 0.622. The largest absolute Gasteiger partial charge is 0.461 e. The zero-order valence-corrected chi connectivity index (χ0v) is 14.8. The summed E-state index contributed by atoms with van der Waals surface area (Å²) in [5.41, 5.74) is 6.56. The van der Waals surface area contributed by atoms with Crippen molar-refractivity contribution in [1.82, 2.24) is 14.8 Å². The summed E-state index contributed by atoms with van der Waals surface area (Å²) in [6.07, 6.45) is 2.77. The number of nitrogens with two attached hydrogens (primary N) is 1. The fourth-order valence-electron chi connectivity index (χ4n) is 2.57. The van der Waals surface area contributed by atoms with Crippen LogP contribution in [0.2, 0.25) is 0 Å². The van der Waals surface area contributed by atoms with Crippen molar-refractivity contribution >= 4 is 17.7 Å². The third kappa shape index (κ3) is 4.11. The van der Waals surface area contributed by atoms with Gasteiger partial charge in [0.25, 0.3) is 0 Å². The molecule has 0 aliphatic carbocycles. The van der Waals surface area contributed by atoms with Gasteiger partial charge in [0.15, 0.2) is 16.7 Å². The second-order valence-corrected chi connectivity index (χ2v) is 6.75. The number of thioether (sulfide) groups is 1. The van der Waals surface area contributed by atoms with E-state index >= 15 is 0 Å². The molecule has 3 rings (SSSR count). The highest BCUT2D eigenvalue weighted by atomic mass is 32.2. The van der Waals surface area contributed by atoms with Gasteiger partial charge in [-0.3, -0.25) is 9.36 Å². The van der Waals surface area contributed by atoms with E-state index in [1.165, 1.54) is 5.56 Å². The highest BCUT2D eigenvalue weighted by Gasteiger charge is 2.20. The number of aromatic nitrogens is 3. The van der Waals surface area contributed by atoms with Crippen LogP contribution >= 0.6 is 11.8 Å². The van der Waals surface area contributed by atoms with Crippen LogP contribution in [0.5, 0.6) is 0 Å². The molecule has 7 heteroatoms. The smallest absolute Gasteiger partial charge is 0.219 e. The van der Waals surface area contributed by atoms with Gasteiger partial charge in [-0.1, -0.05) is 49.0 Å². The number of benzene rings is 1. The van der Waals surface area contributed by atoms with Crippen LogP contribution in [0, 0.1) is 0 Å². The number of carbonyl (C=O) groups is 1. The van der Waals surface area contributed by atoms with Crippen molar-refractivity contribution < 1.29 is 9.21 Å². The zero-order valence-electron chi connectivity index (χ0n) is 14.0. The Morgan fingerprint density at radius 1 is 1.24 bits per heavy atom. The Bertz CT molecular complexity index is 815. The summed E-state index contributed by atoms with van der Waals surface area (Å²) in [5.74, 6) is 0.874. The maximum Gasteiger partial charge on any atom is 0.219 e. The molecule has 130 valence electrons. The summed E-state index contributed by atoms with van der Waals surface area (Å²) in [7, 11) is 0. The van der Waals surface area contributed by atoms with Crippen molar-refractivity contribution in [3.8, 4) is 11.6 Å². The lowest BCUT2D eigenvalue weighted by Crippen LogP contribution is -2.15. The number of primary amides is 1. The number of amides is 1. The van der Waals surface area contributed by atoms with Crippen LogP contribution in [0.15, 0.2) is 58.3 Å². The third-order valence-electron chi connectivity index (χ3n) is 3.83. The van der Waals surface area contributed by atoms with Gasteiger partial charge in [0.05, 0.1) is 6.26 Å². The van der Waals surface area contributed by atoms with Crippen LogP contribution in [0.3, 0.4) is 0 Å². The fourth-order valence-corrected chi connectivity index (χ4v) is 3.68. The normalized spacial score (nSPS) is 12.2. The predicted molar refractivity (Wildman–Crippen MR) is 96.9 cm³/mol. The van der Waals surface area contributed by atoms with Crippen molar-refractivity contribution in [3.05, 3.63) is 54.3 Å². The van der Waals surface area contributed by atoms with Gasteiger partial charge >= 0.3 is 0 Å². The molecular formula is C18H20N4O2S.